The molecule has 0 aliphatic rings. The molecule has 0 spiro atoms. The van der Waals surface area contributed by atoms with Gasteiger partial charge < -0.3 is 29.0 Å². The molecule has 0 saturated heterocycles. The van der Waals surface area contributed by atoms with Crippen LogP contribution in [0.3, 0.4) is 0 Å². The molecule has 8 heteroatoms. The summed E-state index contributed by atoms with van der Waals surface area (Å²) >= 11 is 0. The molecule has 29 heavy (non-hydrogen) atoms. The normalized spacial score (nSPS) is 10.2. The minimum absolute atomic E-state index is 0.137. The van der Waals surface area contributed by atoms with Gasteiger partial charge in [0.2, 0.25) is 11.7 Å². The highest BCUT2D eigenvalue weighted by molar-refractivity contribution is 5.95. The van der Waals surface area contributed by atoms with Crippen molar-refractivity contribution in [1.29, 1.82) is 0 Å². The van der Waals surface area contributed by atoms with E-state index >= 15 is 0 Å². The number of anilines is 1. The fourth-order valence-electron chi connectivity index (χ4n) is 2.81. The van der Waals surface area contributed by atoms with Crippen molar-refractivity contribution in [3.05, 3.63) is 42.0 Å². The molecule has 0 heterocycles. The van der Waals surface area contributed by atoms with Gasteiger partial charge in [0.05, 0.1) is 47.1 Å². The van der Waals surface area contributed by atoms with Crippen LogP contribution in [-0.4, -0.2) is 45.4 Å². The van der Waals surface area contributed by atoms with Gasteiger partial charge in [0.25, 0.3) is 0 Å². The van der Waals surface area contributed by atoms with E-state index in [0.717, 1.165) is 5.56 Å². The van der Waals surface area contributed by atoms with Crippen LogP contribution in [0.2, 0.25) is 0 Å². The van der Waals surface area contributed by atoms with E-state index in [9.17, 15) is 9.59 Å². The summed E-state index contributed by atoms with van der Waals surface area (Å²) in [5.74, 6) is 0.525. The number of carboxylic acid groups (broad SMARTS) is 1. The fraction of sp³-hybridized carbons (Fsp3) is 0.333. The van der Waals surface area contributed by atoms with E-state index in [1.807, 2.05) is 12.1 Å². The SMILES string of the molecule is COc1ccc(CN(C(=O)CCC(=O)O)c2cc(OC)c(OC)c(OC)c2)cc1. The molecule has 156 valence electrons. The molecule has 0 saturated carbocycles. The predicted molar refractivity (Wildman–Crippen MR) is 107 cm³/mol. The van der Waals surface area contributed by atoms with Crippen LogP contribution >= 0.6 is 0 Å². The van der Waals surface area contributed by atoms with Gasteiger partial charge in [-0.1, -0.05) is 12.1 Å². The second-order valence-corrected chi connectivity index (χ2v) is 6.11. The van der Waals surface area contributed by atoms with Crippen LogP contribution in [0.1, 0.15) is 18.4 Å². The lowest BCUT2D eigenvalue weighted by molar-refractivity contribution is -0.138. The van der Waals surface area contributed by atoms with Gasteiger partial charge in [-0.05, 0) is 17.7 Å². The minimum Gasteiger partial charge on any atom is -0.497 e. The molecular formula is C21H25NO7. The average Bonchev–Trinajstić information content (AvgIpc) is 2.74. The van der Waals surface area contributed by atoms with Crippen molar-refractivity contribution in [2.75, 3.05) is 33.3 Å². The topological polar surface area (TPSA) is 94.5 Å². The highest BCUT2D eigenvalue weighted by Crippen LogP contribution is 2.41. The van der Waals surface area contributed by atoms with Crippen LogP contribution in [0.5, 0.6) is 23.0 Å². The summed E-state index contributed by atoms with van der Waals surface area (Å²) in [5.41, 5.74) is 1.36. The number of ether oxygens (including phenoxy) is 4. The zero-order chi connectivity index (χ0) is 21.4. The molecule has 2 rings (SSSR count). The molecule has 0 fully saturated rings. The standard InChI is InChI=1S/C21H25NO7/c1-26-16-7-5-14(6-8-16)13-22(19(23)9-10-20(24)25)15-11-17(27-2)21(29-4)18(12-15)28-3/h5-8,11-12H,9-10,13H2,1-4H3,(H,24,25). The zero-order valence-corrected chi connectivity index (χ0v) is 16.9. The number of benzene rings is 2. The third-order valence-electron chi connectivity index (χ3n) is 4.31. The van der Waals surface area contributed by atoms with E-state index in [1.165, 1.54) is 26.2 Å². The second kappa shape index (κ2) is 10.2. The number of aliphatic carboxylic acids is 1. The molecule has 0 unspecified atom stereocenters. The first-order valence-corrected chi connectivity index (χ1v) is 8.88. The van der Waals surface area contributed by atoms with Crippen LogP contribution in [0.4, 0.5) is 5.69 Å². The Labute approximate surface area is 169 Å². The van der Waals surface area contributed by atoms with Gasteiger partial charge in [-0.2, -0.15) is 0 Å². The number of carbonyl (C=O) groups is 2. The molecule has 2 aromatic carbocycles. The number of hydrogen-bond acceptors (Lipinski definition) is 6. The van der Waals surface area contributed by atoms with Crippen LogP contribution < -0.4 is 23.8 Å². The molecule has 0 aliphatic heterocycles. The first kappa shape index (κ1) is 21.9. The predicted octanol–water partition coefficient (Wildman–Crippen LogP) is 3.12. The Morgan fingerprint density at radius 1 is 0.862 bits per heavy atom. The molecule has 0 aliphatic carbocycles. The Balaban J connectivity index is 2.45. The maximum atomic E-state index is 12.9. The van der Waals surface area contributed by atoms with Gasteiger partial charge in [-0.25, -0.2) is 0 Å². The quantitative estimate of drug-likeness (QED) is 0.651. The van der Waals surface area contributed by atoms with Gasteiger partial charge in [-0.3, -0.25) is 9.59 Å². The first-order valence-electron chi connectivity index (χ1n) is 8.88. The summed E-state index contributed by atoms with van der Waals surface area (Å²) in [6, 6.07) is 10.6. The molecule has 1 N–H and O–H groups in total. The van der Waals surface area contributed by atoms with Crippen molar-refractivity contribution >= 4 is 17.6 Å². The number of nitrogens with zero attached hydrogens (tertiary/aromatic N) is 1. The number of carboxylic acids is 1. The number of hydrogen-bond donors (Lipinski definition) is 1. The average molecular weight is 403 g/mol. The van der Waals surface area contributed by atoms with Gasteiger partial charge in [0.15, 0.2) is 11.5 Å². The smallest absolute Gasteiger partial charge is 0.303 e. The van der Waals surface area contributed by atoms with E-state index in [-0.39, 0.29) is 25.3 Å². The monoisotopic (exact) mass is 403 g/mol. The molecule has 8 nitrogen and oxygen atoms in total. The van der Waals surface area contributed by atoms with E-state index in [2.05, 4.69) is 0 Å². The van der Waals surface area contributed by atoms with Crippen LogP contribution in [0.15, 0.2) is 36.4 Å². The summed E-state index contributed by atoms with van der Waals surface area (Å²) < 4.78 is 21.2. The van der Waals surface area contributed by atoms with E-state index in [1.54, 1.807) is 31.4 Å². The van der Waals surface area contributed by atoms with Gasteiger partial charge in [0.1, 0.15) is 5.75 Å². The summed E-state index contributed by atoms with van der Waals surface area (Å²) in [6.45, 7) is 0.237. The summed E-state index contributed by atoms with van der Waals surface area (Å²) in [4.78, 5) is 25.3. The van der Waals surface area contributed by atoms with Crippen LogP contribution in [-0.2, 0) is 16.1 Å². The molecule has 0 atom stereocenters. The van der Waals surface area contributed by atoms with Crippen molar-refractivity contribution in [1.82, 2.24) is 0 Å². The molecular weight excluding hydrogens is 378 g/mol. The van der Waals surface area contributed by atoms with Crippen LogP contribution in [0, 0.1) is 0 Å². The number of amides is 1. The van der Waals surface area contributed by atoms with Gasteiger partial charge >= 0.3 is 5.97 Å². The molecule has 0 radical (unpaired) electrons. The Morgan fingerprint density at radius 3 is 1.90 bits per heavy atom. The summed E-state index contributed by atoms with van der Waals surface area (Å²) in [5, 5.41) is 8.95. The largest absolute Gasteiger partial charge is 0.497 e. The van der Waals surface area contributed by atoms with E-state index in [0.29, 0.717) is 28.7 Å². The fourth-order valence-corrected chi connectivity index (χ4v) is 2.81. The lowest BCUT2D eigenvalue weighted by Crippen LogP contribution is -2.30. The van der Waals surface area contributed by atoms with Crippen molar-refractivity contribution < 1.29 is 33.6 Å². The number of methoxy groups -OCH3 is 4. The molecule has 1 amide bonds. The number of rotatable bonds is 10. The summed E-state index contributed by atoms with van der Waals surface area (Å²) in [6.07, 6.45) is -0.398. The van der Waals surface area contributed by atoms with E-state index < -0.39 is 5.97 Å². The van der Waals surface area contributed by atoms with Gasteiger partial charge in [0, 0.05) is 18.6 Å². The first-order chi connectivity index (χ1) is 13.9. The summed E-state index contributed by atoms with van der Waals surface area (Å²) in [7, 11) is 6.04. The molecule has 0 bridgehead atoms. The van der Waals surface area contributed by atoms with Crippen molar-refractivity contribution in [3.63, 3.8) is 0 Å². The van der Waals surface area contributed by atoms with E-state index in [4.69, 9.17) is 24.1 Å². The lowest BCUT2D eigenvalue weighted by Gasteiger charge is -2.25. The Kier molecular flexibility index (Phi) is 7.70. The molecule has 0 aromatic heterocycles. The number of carbonyl (C=O) groups excluding carboxylic acids is 1. The third-order valence-corrected chi connectivity index (χ3v) is 4.31. The van der Waals surface area contributed by atoms with Crippen molar-refractivity contribution in [2.24, 2.45) is 0 Å². The second-order valence-electron chi connectivity index (χ2n) is 6.11. The maximum absolute atomic E-state index is 12.9. The maximum Gasteiger partial charge on any atom is 0.303 e. The highest BCUT2D eigenvalue weighted by Gasteiger charge is 2.22. The van der Waals surface area contributed by atoms with Crippen molar-refractivity contribution in [2.45, 2.75) is 19.4 Å². The zero-order valence-electron chi connectivity index (χ0n) is 16.9. The lowest BCUT2D eigenvalue weighted by atomic mass is 10.1. The highest BCUT2D eigenvalue weighted by atomic mass is 16.5. The Hall–Kier alpha value is -3.42. The third kappa shape index (κ3) is 5.54. The van der Waals surface area contributed by atoms with Crippen LogP contribution in [0.25, 0.3) is 0 Å². The van der Waals surface area contributed by atoms with Crippen molar-refractivity contribution in [3.8, 4) is 23.0 Å². The molecule has 2 aromatic rings. The van der Waals surface area contributed by atoms with Gasteiger partial charge in [-0.15, -0.1) is 0 Å². The Bertz CT molecular complexity index is 824. The Morgan fingerprint density at radius 2 is 1.45 bits per heavy atom. The minimum atomic E-state index is -1.03.